The Kier molecular flexibility index (Phi) is 8.51. The van der Waals surface area contributed by atoms with Crippen molar-refractivity contribution < 1.29 is 4.79 Å². The first-order chi connectivity index (χ1) is 9.69. The number of aromatic nitrogens is 1. The number of nitrogens with zero attached hydrogens (tertiary/aromatic N) is 2. The van der Waals surface area contributed by atoms with Crippen molar-refractivity contribution in [1.29, 1.82) is 0 Å². The zero-order valence-electron chi connectivity index (χ0n) is 11.9. The lowest BCUT2D eigenvalue weighted by Gasteiger charge is -2.35. The molecule has 0 aromatic carbocycles. The molecule has 1 aliphatic heterocycles. The number of thiazole rings is 1. The van der Waals surface area contributed by atoms with Gasteiger partial charge < -0.3 is 11.1 Å². The number of amides is 1. The Labute approximate surface area is 140 Å². The molecule has 0 radical (unpaired) electrons. The lowest BCUT2D eigenvalue weighted by atomic mass is 10.0. The number of nitrogens with one attached hydrogen (secondary N) is 1. The van der Waals surface area contributed by atoms with E-state index in [9.17, 15) is 4.79 Å². The molecule has 1 fully saturated rings. The van der Waals surface area contributed by atoms with Crippen molar-refractivity contribution in [2.45, 2.75) is 38.3 Å². The van der Waals surface area contributed by atoms with Crippen molar-refractivity contribution in [2.24, 2.45) is 5.73 Å². The van der Waals surface area contributed by atoms with Gasteiger partial charge >= 0.3 is 0 Å². The number of piperidine rings is 1. The van der Waals surface area contributed by atoms with E-state index in [0.717, 1.165) is 28.9 Å². The lowest BCUT2D eigenvalue weighted by Crippen LogP contribution is -2.46. The summed E-state index contributed by atoms with van der Waals surface area (Å²) in [4.78, 5) is 18.2. The minimum Gasteiger partial charge on any atom is -0.354 e. The maximum absolute atomic E-state index is 11.5. The molecule has 0 bridgehead atoms. The van der Waals surface area contributed by atoms with E-state index >= 15 is 0 Å². The highest BCUT2D eigenvalue weighted by molar-refractivity contribution is 7.15. The molecule has 1 aromatic heterocycles. The van der Waals surface area contributed by atoms with E-state index in [-0.39, 0.29) is 18.3 Å². The van der Waals surface area contributed by atoms with E-state index in [1.807, 2.05) is 0 Å². The smallest absolute Gasteiger partial charge is 0.221 e. The van der Waals surface area contributed by atoms with Gasteiger partial charge in [0.25, 0.3) is 0 Å². The average Bonchev–Trinajstić information content (AvgIpc) is 2.83. The summed E-state index contributed by atoms with van der Waals surface area (Å²) in [7, 11) is 0. The highest BCUT2D eigenvalue weighted by Crippen LogP contribution is 2.23. The molecule has 2 rings (SSSR count). The second-order valence-corrected chi connectivity index (χ2v) is 6.77. The van der Waals surface area contributed by atoms with Gasteiger partial charge in [0.2, 0.25) is 5.91 Å². The fraction of sp³-hybridized carbons (Fsp3) is 0.692. The summed E-state index contributed by atoms with van der Waals surface area (Å²) < 4.78 is 0.727. The van der Waals surface area contributed by atoms with Crippen LogP contribution in [0.25, 0.3) is 0 Å². The number of rotatable bonds is 6. The van der Waals surface area contributed by atoms with Crippen molar-refractivity contribution in [2.75, 3.05) is 19.6 Å². The normalized spacial score (nSPS) is 19.0. The van der Waals surface area contributed by atoms with Crippen LogP contribution in [0.1, 0.15) is 30.7 Å². The number of carbonyl (C=O) groups excluding carboxylic acids is 1. The van der Waals surface area contributed by atoms with E-state index in [4.69, 9.17) is 17.3 Å². The van der Waals surface area contributed by atoms with Crippen molar-refractivity contribution >= 4 is 41.3 Å². The Balaban J connectivity index is 0.00000220. The Bertz CT molecular complexity index is 444. The van der Waals surface area contributed by atoms with E-state index in [0.29, 0.717) is 25.6 Å². The minimum atomic E-state index is 0. The lowest BCUT2D eigenvalue weighted by molar-refractivity contribution is -0.121. The second kappa shape index (κ2) is 9.58. The molecule has 1 aromatic rings. The van der Waals surface area contributed by atoms with Crippen LogP contribution in [0.15, 0.2) is 6.20 Å². The molecule has 120 valence electrons. The van der Waals surface area contributed by atoms with Gasteiger partial charge in [0.05, 0.1) is 12.7 Å². The van der Waals surface area contributed by atoms with Gasteiger partial charge in [-0.05, 0) is 19.4 Å². The number of hydrogen-bond donors (Lipinski definition) is 2. The highest BCUT2D eigenvalue weighted by atomic mass is 35.5. The molecule has 2 heterocycles. The molecule has 0 aliphatic carbocycles. The predicted octanol–water partition coefficient (Wildman–Crippen LogP) is 2.04. The summed E-state index contributed by atoms with van der Waals surface area (Å²) in [6, 6.07) is 0.383. The molecular weight excluding hydrogens is 331 g/mol. The number of hydrogen-bond acceptors (Lipinski definition) is 5. The Morgan fingerprint density at radius 1 is 1.57 bits per heavy atom. The third-order valence-electron chi connectivity index (χ3n) is 3.52. The Morgan fingerprint density at radius 3 is 3.05 bits per heavy atom. The molecule has 0 spiro atoms. The largest absolute Gasteiger partial charge is 0.354 e. The summed E-state index contributed by atoms with van der Waals surface area (Å²) in [5, 5.41) is 4.01. The minimum absolute atomic E-state index is 0. The first kappa shape index (κ1) is 18.6. The molecule has 1 aliphatic rings. The van der Waals surface area contributed by atoms with Crippen LogP contribution in [-0.4, -0.2) is 41.5 Å². The Morgan fingerprint density at radius 2 is 2.38 bits per heavy atom. The fourth-order valence-corrected chi connectivity index (χ4v) is 3.47. The molecule has 1 saturated heterocycles. The number of carbonyl (C=O) groups is 1. The number of halogens is 2. The molecule has 0 saturated carbocycles. The first-order valence-electron chi connectivity index (χ1n) is 7.00. The van der Waals surface area contributed by atoms with Gasteiger partial charge in [-0.15, -0.1) is 23.7 Å². The summed E-state index contributed by atoms with van der Waals surface area (Å²) in [5.41, 5.74) is 5.38. The van der Waals surface area contributed by atoms with Gasteiger partial charge in [0.15, 0.2) is 0 Å². The molecular formula is C13H22Cl2N4OS. The van der Waals surface area contributed by atoms with Crippen molar-refractivity contribution in [3.63, 3.8) is 0 Å². The summed E-state index contributed by atoms with van der Waals surface area (Å²) in [5.74, 6) is 0.0373. The molecule has 1 unspecified atom stereocenters. The van der Waals surface area contributed by atoms with Crippen molar-refractivity contribution in [1.82, 2.24) is 15.2 Å². The van der Waals surface area contributed by atoms with Gasteiger partial charge in [-0.25, -0.2) is 4.98 Å². The van der Waals surface area contributed by atoms with Crippen molar-refractivity contribution in [3.05, 3.63) is 15.5 Å². The van der Waals surface area contributed by atoms with Gasteiger partial charge in [-0.2, -0.15) is 0 Å². The van der Waals surface area contributed by atoms with Gasteiger partial charge in [-0.3, -0.25) is 9.69 Å². The molecule has 5 nitrogen and oxygen atoms in total. The standard InChI is InChI=1S/C13H21ClN4OS.ClH/c14-11-8-17-13(20-11)9-18-6-2-1-3-10(18)7-16-12(19)4-5-15;/h8,10H,1-7,9,15H2,(H,16,19);1H. The van der Waals surface area contributed by atoms with Crippen LogP contribution in [0.5, 0.6) is 0 Å². The topological polar surface area (TPSA) is 71.2 Å². The number of likely N-dealkylation sites (tertiary alicyclic amines) is 1. The van der Waals surface area contributed by atoms with Crippen LogP contribution in [-0.2, 0) is 11.3 Å². The van der Waals surface area contributed by atoms with E-state index in [1.165, 1.54) is 24.2 Å². The zero-order valence-corrected chi connectivity index (χ0v) is 14.3. The molecule has 8 heteroatoms. The SMILES string of the molecule is Cl.NCCC(=O)NCC1CCCCN1Cc1ncc(Cl)s1. The molecule has 1 amide bonds. The molecule has 3 N–H and O–H groups in total. The summed E-state index contributed by atoms with van der Waals surface area (Å²) in [6.07, 6.45) is 5.62. The van der Waals surface area contributed by atoms with E-state index in [1.54, 1.807) is 6.20 Å². The highest BCUT2D eigenvalue weighted by Gasteiger charge is 2.23. The van der Waals surface area contributed by atoms with Gasteiger partial charge in [0.1, 0.15) is 9.34 Å². The fourth-order valence-electron chi connectivity index (χ4n) is 2.49. The monoisotopic (exact) mass is 352 g/mol. The van der Waals surface area contributed by atoms with Crippen molar-refractivity contribution in [3.8, 4) is 0 Å². The predicted molar refractivity (Wildman–Crippen MR) is 89.1 cm³/mol. The summed E-state index contributed by atoms with van der Waals surface area (Å²) >= 11 is 7.45. The zero-order chi connectivity index (χ0) is 14.4. The van der Waals surface area contributed by atoms with E-state index < -0.39 is 0 Å². The first-order valence-corrected chi connectivity index (χ1v) is 8.19. The van der Waals surface area contributed by atoms with Crippen LogP contribution in [0.2, 0.25) is 4.34 Å². The number of nitrogens with two attached hydrogens (primary N) is 1. The maximum Gasteiger partial charge on any atom is 0.221 e. The Hall–Kier alpha value is -0.400. The third kappa shape index (κ3) is 6.08. The van der Waals surface area contributed by atoms with Gasteiger partial charge in [0, 0.05) is 25.6 Å². The maximum atomic E-state index is 11.5. The van der Waals surface area contributed by atoms with Crippen LogP contribution < -0.4 is 11.1 Å². The third-order valence-corrected chi connectivity index (χ3v) is 4.62. The van der Waals surface area contributed by atoms with Crippen LogP contribution in [0.3, 0.4) is 0 Å². The van der Waals surface area contributed by atoms with Gasteiger partial charge in [-0.1, -0.05) is 18.0 Å². The average molecular weight is 353 g/mol. The summed E-state index contributed by atoms with van der Waals surface area (Å²) in [6.45, 7) is 2.96. The quantitative estimate of drug-likeness (QED) is 0.821. The molecule has 1 atom stereocenters. The van der Waals surface area contributed by atoms with Crippen LogP contribution in [0, 0.1) is 0 Å². The van der Waals surface area contributed by atoms with Crippen LogP contribution >= 0.6 is 35.3 Å². The second-order valence-electron chi connectivity index (χ2n) is 5.02. The van der Waals surface area contributed by atoms with E-state index in [2.05, 4.69) is 15.2 Å². The molecule has 21 heavy (non-hydrogen) atoms. The van der Waals surface area contributed by atoms with Crippen LogP contribution in [0.4, 0.5) is 0 Å².